The molecule has 1 aliphatic heterocycles. The molecule has 1 saturated heterocycles. The van der Waals surface area contributed by atoms with Gasteiger partial charge in [-0.15, -0.1) is 13.2 Å². The second-order valence-electron chi connectivity index (χ2n) is 8.11. The van der Waals surface area contributed by atoms with E-state index >= 15 is 0 Å². The number of ether oxygens (including phenoxy) is 2. The molecule has 0 spiro atoms. The summed E-state index contributed by atoms with van der Waals surface area (Å²) in [5.41, 5.74) is 2.87. The number of halogens is 3. The summed E-state index contributed by atoms with van der Waals surface area (Å²) in [7, 11) is 0. The average Bonchev–Trinajstić information content (AvgIpc) is 2.79. The van der Waals surface area contributed by atoms with Crippen molar-refractivity contribution in [2.75, 3.05) is 41.8 Å². The Kier molecular flexibility index (Phi) is 7.06. The molecule has 0 amide bonds. The summed E-state index contributed by atoms with van der Waals surface area (Å²) in [4.78, 5) is 11.3. The molecule has 3 aromatic rings. The molecule has 2 N–H and O–H groups in total. The monoisotopic (exact) mass is 473 g/mol. The van der Waals surface area contributed by atoms with E-state index in [1.54, 1.807) is 12.1 Å². The van der Waals surface area contributed by atoms with Crippen molar-refractivity contribution in [3.8, 4) is 17.0 Å². The third-order valence-corrected chi connectivity index (χ3v) is 5.02. The van der Waals surface area contributed by atoms with E-state index in [0.29, 0.717) is 36.2 Å². The maximum absolute atomic E-state index is 12.7. The Morgan fingerprint density at radius 2 is 1.74 bits per heavy atom. The van der Waals surface area contributed by atoms with Crippen LogP contribution in [0.15, 0.2) is 54.6 Å². The summed E-state index contributed by atoms with van der Waals surface area (Å²) in [6, 6.07) is 15.4. The minimum atomic E-state index is -4.77. The van der Waals surface area contributed by atoms with E-state index in [1.807, 2.05) is 38.1 Å². The molecule has 0 atom stereocenters. The molecule has 1 aromatic heterocycles. The van der Waals surface area contributed by atoms with Gasteiger partial charge in [-0.1, -0.05) is 12.1 Å². The molecule has 34 heavy (non-hydrogen) atoms. The van der Waals surface area contributed by atoms with Crippen LogP contribution < -0.4 is 20.3 Å². The summed E-state index contributed by atoms with van der Waals surface area (Å²) in [5, 5.41) is 6.42. The van der Waals surface area contributed by atoms with Crippen molar-refractivity contribution < 1.29 is 22.6 Å². The van der Waals surface area contributed by atoms with E-state index in [2.05, 4.69) is 30.2 Å². The summed E-state index contributed by atoms with van der Waals surface area (Å²) in [6.45, 7) is 7.03. The summed E-state index contributed by atoms with van der Waals surface area (Å²) < 4.78 is 47.4. The lowest BCUT2D eigenvalue weighted by Crippen LogP contribution is -2.36. The van der Waals surface area contributed by atoms with E-state index in [1.165, 1.54) is 18.2 Å². The number of nitrogens with zero attached hydrogens (tertiary/aromatic N) is 3. The van der Waals surface area contributed by atoms with Gasteiger partial charge in [-0.25, -0.2) is 4.98 Å². The molecule has 4 rings (SSSR count). The molecule has 2 aromatic carbocycles. The van der Waals surface area contributed by atoms with E-state index in [0.717, 1.165) is 24.5 Å². The van der Waals surface area contributed by atoms with Crippen molar-refractivity contribution in [2.24, 2.45) is 0 Å². The minimum Gasteiger partial charge on any atom is -0.406 e. The zero-order valence-corrected chi connectivity index (χ0v) is 18.9. The molecule has 180 valence electrons. The largest absolute Gasteiger partial charge is 0.573 e. The molecule has 0 radical (unpaired) electrons. The van der Waals surface area contributed by atoms with Crippen molar-refractivity contribution in [3.05, 3.63) is 54.6 Å². The summed E-state index contributed by atoms with van der Waals surface area (Å²) in [6.07, 6.45) is -4.77. The number of alkyl halides is 3. The van der Waals surface area contributed by atoms with E-state index in [4.69, 9.17) is 4.74 Å². The highest BCUT2D eigenvalue weighted by Crippen LogP contribution is 2.30. The van der Waals surface area contributed by atoms with Gasteiger partial charge in [0.1, 0.15) is 11.6 Å². The van der Waals surface area contributed by atoms with Crippen molar-refractivity contribution in [3.63, 3.8) is 0 Å². The molecule has 2 heterocycles. The average molecular weight is 473 g/mol. The van der Waals surface area contributed by atoms with Gasteiger partial charge in [-0.3, -0.25) is 0 Å². The van der Waals surface area contributed by atoms with Gasteiger partial charge in [0.25, 0.3) is 0 Å². The van der Waals surface area contributed by atoms with Crippen molar-refractivity contribution in [1.29, 1.82) is 0 Å². The van der Waals surface area contributed by atoms with Gasteiger partial charge in [0.15, 0.2) is 0 Å². The van der Waals surface area contributed by atoms with Gasteiger partial charge in [0.2, 0.25) is 5.95 Å². The fraction of sp³-hybridized carbons (Fsp3) is 0.333. The molecule has 0 unspecified atom stereocenters. The zero-order valence-electron chi connectivity index (χ0n) is 18.9. The number of anilines is 4. The molecule has 7 nitrogen and oxygen atoms in total. The number of hydrogen-bond acceptors (Lipinski definition) is 7. The SMILES string of the molecule is CC(C)Nc1nc(Nc2ccc(N3CCOCC3)cc2)cc(-c2cccc(OC(F)(F)F)c2)n1. The normalized spacial score (nSPS) is 14.2. The number of morpholine rings is 1. The maximum Gasteiger partial charge on any atom is 0.573 e. The fourth-order valence-corrected chi connectivity index (χ4v) is 3.56. The highest BCUT2D eigenvalue weighted by atomic mass is 19.4. The van der Waals surface area contributed by atoms with Crippen LogP contribution in [0.4, 0.5) is 36.3 Å². The van der Waals surface area contributed by atoms with Crippen LogP contribution in [0.1, 0.15) is 13.8 Å². The lowest BCUT2D eigenvalue weighted by molar-refractivity contribution is -0.274. The molecule has 0 bridgehead atoms. The Morgan fingerprint density at radius 3 is 2.41 bits per heavy atom. The number of aromatic nitrogens is 2. The van der Waals surface area contributed by atoms with Gasteiger partial charge < -0.3 is 25.0 Å². The predicted octanol–water partition coefficient (Wildman–Crippen LogP) is 5.44. The van der Waals surface area contributed by atoms with Gasteiger partial charge in [0.05, 0.1) is 18.9 Å². The molecular formula is C24H26F3N5O2. The molecule has 0 aliphatic carbocycles. The second-order valence-corrected chi connectivity index (χ2v) is 8.11. The lowest BCUT2D eigenvalue weighted by Gasteiger charge is -2.28. The quantitative estimate of drug-likeness (QED) is 0.473. The van der Waals surface area contributed by atoms with Crippen molar-refractivity contribution in [2.45, 2.75) is 26.3 Å². The lowest BCUT2D eigenvalue weighted by atomic mass is 10.1. The van der Waals surface area contributed by atoms with Gasteiger partial charge in [-0.05, 0) is 50.2 Å². The highest BCUT2D eigenvalue weighted by molar-refractivity contribution is 5.69. The first-order valence-electron chi connectivity index (χ1n) is 11.0. The van der Waals surface area contributed by atoms with E-state index < -0.39 is 6.36 Å². The topological polar surface area (TPSA) is 71.5 Å². The van der Waals surface area contributed by atoms with Crippen molar-refractivity contribution in [1.82, 2.24) is 9.97 Å². The molecule has 10 heteroatoms. The van der Waals surface area contributed by atoms with Crippen LogP contribution in [0.2, 0.25) is 0 Å². The van der Waals surface area contributed by atoms with Crippen LogP contribution in [0.25, 0.3) is 11.3 Å². The Hall–Kier alpha value is -3.53. The van der Waals surface area contributed by atoms with Gasteiger partial charge >= 0.3 is 6.36 Å². The zero-order chi connectivity index (χ0) is 24.1. The number of hydrogen-bond donors (Lipinski definition) is 2. The highest BCUT2D eigenvalue weighted by Gasteiger charge is 2.31. The Balaban J connectivity index is 1.59. The van der Waals surface area contributed by atoms with Crippen LogP contribution in [0, 0.1) is 0 Å². The fourth-order valence-electron chi connectivity index (χ4n) is 3.56. The maximum atomic E-state index is 12.7. The minimum absolute atomic E-state index is 0.0656. The standard InChI is InChI=1S/C24H26F3N5O2/c1-16(2)28-23-30-21(17-4-3-5-20(14-17)34-24(25,26)27)15-22(31-23)29-18-6-8-19(9-7-18)32-10-12-33-13-11-32/h3-9,14-16H,10-13H2,1-2H3,(H2,28,29,30,31). The third-order valence-electron chi connectivity index (χ3n) is 5.02. The number of benzene rings is 2. The first kappa shape index (κ1) is 23.6. The summed E-state index contributed by atoms with van der Waals surface area (Å²) in [5.74, 6) is 0.562. The van der Waals surface area contributed by atoms with Crippen LogP contribution >= 0.6 is 0 Å². The smallest absolute Gasteiger partial charge is 0.406 e. The first-order valence-corrected chi connectivity index (χ1v) is 11.0. The van der Waals surface area contributed by atoms with Crippen molar-refractivity contribution >= 4 is 23.1 Å². The summed E-state index contributed by atoms with van der Waals surface area (Å²) >= 11 is 0. The Morgan fingerprint density at radius 1 is 1.00 bits per heavy atom. The Labute approximate surface area is 195 Å². The third kappa shape index (κ3) is 6.50. The van der Waals surface area contributed by atoms with Crippen LogP contribution in [-0.4, -0.2) is 48.7 Å². The van der Waals surface area contributed by atoms with Crippen LogP contribution in [0.3, 0.4) is 0 Å². The molecule has 1 fully saturated rings. The molecule has 1 aliphatic rings. The Bertz CT molecular complexity index is 1100. The van der Waals surface area contributed by atoms with Gasteiger partial charge in [0, 0.05) is 42.1 Å². The van der Waals surface area contributed by atoms with Crippen LogP contribution in [0.5, 0.6) is 5.75 Å². The van der Waals surface area contributed by atoms with Crippen LogP contribution in [-0.2, 0) is 4.74 Å². The first-order chi connectivity index (χ1) is 16.2. The number of nitrogens with one attached hydrogen (secondary N) is 2. The van der Waals surface area contributed by atoms with E-state index in [-0.39, 0.29) is 11.8 Å². The van der Waals surface area contributed by atoms with E-state index in [9.17, 15) is 13.2 Å². The predicted molar refractivity (Wildman–Crippen MR) is 126 cm³/mol. The van der Waals surface area contributed by atoms with Gasteiger partial charge in [-0.2, -0.15) is 4.98 Å². The molecule has 0 saturated carbocycles. The second kappa shape index (κ2) is 10.2. The number of rotatable bonds is 7. The molecular weight excluding hydrogens is 447 g/mol.